The van der Waals surface area contributed by atoms with Gasteiger partial charge in [-0.3, -0.25) is 48.9 Å². The van der Waals surface area contributed by atoms with Gasteiger partial charge < -0.3 is 40.5 Å². The zero-order valence-electron chi connectivity index (χ0n) is 53.9. The van der Waals surface area contributed by atoms with E-state index in [4.69, 9.17) is 48.4 Å². The number of halogens is 4. The summed E-state index contributed by atoms with van der Waals surface area (Å²) in [5.74, 6) is 1.81. The molecule has 24 heteroatoms. The number of rotatable bonds is 26. The Morgan fingerprint density at radius 1 is 0.617 bits per heavy atom. The maximum atomic E-state index is 15.0. The number of nitrogens with one attached hydrogen (secondary N) is 2. The fourth-order valence-corrected chi connectivity index (χ4v) is 12.7. The number of hydrogen-bond donors (Lipinski definition) is 3. The van der Waals surface area contributed by atoms with E-state index in [1.54, 1.807) is 48.8 Å². The molecule has 4 fully saturated rings. The number of hydrogen-bond acceptors (Lipinski definition) is 19. The average Bonchev–Trinajstić information content (AvgIpc) is 1.64. The molecule has 4 aliphatic rings. The molecule has 2 saturated carbocycles. The normalized spacial score (nSPS) is 15.0. The molecule has 2 aromatic carbocycles. The number of ether oxygens (including phenoxy) is 2. The van der Waals surface area contributed by atoms with Crippen LogP contribution in [0.15, 0.2) is 110 Å². The summed E-state index contributed by atoms with van der Waals surface area (Å²) in [5, 5.41) is 6.10. The van der Waals surface area contributed by atoms with Crippen LogP contribution in [-0.4, -0.2) is 186 Å². The molecular weight excluding hydrogens is 1280 g/mol. The number of ketones is 2. The molecule has 2 aliphatic carbocycles. The molecular formula is C70H84Cl2F2N12O6S2. The quantitative estimate of drug-likeness (QED) is 0.0262. The summed E-state index contributed by atoms with van der Waals surface area (Å²) in [6, 6.07) is 25.3. The van der Waals surface area contributed by atoms with Gasteiger partial charge in [0.25, 0.3) is 0 Å². The first-order chi connectivity index (χ1) is 45.4. The van der Waals surface area contributed by atoms with Gasteiger partial charge in [0.05, 0.1) is 54.0 Å². The molecule has 0 radical (unpaired) electrons. The van der Waals surface area contributed by atoms with Gasteiger partial charge in [-0.2, -0.15) is 0 Å². The van der Waals surface area contributed by atoms with Crippen LogP contribution >= 0.6 is 45.9 Å². The molecule has 0 unspecified atom stereocenters. The smallest absolute Gasteiger partial charge is 0.236 e. The van der Waals surface area contributed by atoms with Crippen LogP contribution in [0.1, 0.15) is 60.8 Å². The summed E-state index contributed by atoms with van der Waals surface area (Å²) in [6.07, 6.45) is 13.4. The van der Waals surface area contributed by atoms with E-state index in [9.17, 15) is 28.0 Å². The van der Waals surface area contributed by atoms with Crippen molar-refractivity contribution in [1.82, 2.24) is 55.1 Å². The van der Waals surface area contributed by atoms with Gasteiger partial charge in [0, 0.05) is 154 Å². The van der Waals surface area contributed by atoms with Crippen LogP contribution in [0.4, 0.5) is 8.78 Å². The first-order valence-corrected chi connectivity index (χ1v) is 34.5. The topological polar surface area (TPSA) is 205 Å². The van der Waals surface area contributed by atoms with E-state index in [0.29, 0.717) is 53.8 Å². The fourth-order valence-electron chi connectivity index (χ4n) is 10.6. The largest absolute Gasteiger partial charge is 0.453 e. The molecule has 94 heavy (non-hydrogen) atoms. The molecule has 2 saturated heterocycles. The van der Waals surface area contributed by atoms with Crippen LogP contribution in [0.3, 0.4) is 0 Å². The minimum absolute atomic E-state index is 0.0957. The minimum Gasteiger partial charge on any atom is -0.453 e. The van der Waals surface area contributed by atoms with Gasteiger partial charge in [-0.15, -0.1) is 34.3 Å². The maximum absolute atomic E-state index is 15.0. The van der Waals surface area contributed by atoms with Gasteiger partial charge in [0.2, 0.25) is 11.1 Å². The van der Waals surface area contributed by atoms with Crippen molar-refractivity contribution in [3.05, 3.63) is 144 Å². The second-order valence-corrected chi connectivity index (χ2v) is 27.4. The number of piperazine rings is 2. The Morgan fingerprint density at radius 3 is 1.47 bits per heavy atom. The van der Waals surface area contributed by atoms with E-state index >= 15 is 0 Å². The number of amides is 1. The molecule has 2 aliphatic heterocycles. The van der Waals surface area contributed by atoms with Gasteiger partial charge >= 0.3 is 0 Å². The lowest BCUT2D eigenvalue weighted by Crippen LogP contribution is -2.50. The first kappa shape index (κ1) is 71.5. The third-order valence-electron chi connectivity index (χ3n) is 16.0. The van der Waals surface area contributed by atoms with Gasteiger partial charge in [-0.05, 0) is 148 Å². The Balaban J connectivity index is 0.000000194. The van der Waals surface area contributed by atoms with Crippen molar-refractivity contribution in [1.29, 1.82) is 0 Å². The molecule has 18 nitrogen and oxygen atoms in total. The lowest BCUT2D eigenvalue weighted by molar-refractivity contribution is -0.132. The van der Waals surface area contributed by atoms with Gasteiger partial charge in [-0.1, -0.05) is 24.3 Å². The van der Waals surface area contributed by atoms with Gasteiger partial charge in [-0.25, -0.2) is 8.78 Å². The predicted octanol–water partition coefficient (Wildman–Crippen LogP) is 11.1. The third kappa shape index (κ3) is 22.7. The number of likely N-dealkylation sites (N-methyl/N-ethyl adjacent to an activating group) is 2. The summed E-state index contributed by atoms with van der Waals surface area (Å²) < 4.78 is 43.5. The van der Waals surface area contributed by atoms with E-state index in [2.05, 4.69) is 52.3 Å². The molecule has 0 spiro atoms. The number of nitrogens with zero attached hydrogens (tertiary/aromatic N) is 9. The summed E-state index contributed by atoms with van der Waals surface area (Å²) in [6.45, 7) is 12.8. The standard InChI is InChI=1S/C35H41FN6O3S.C29H29FN4O2S.C4H12N2.C2H2Cl2O/c1-40(2)12-11-37-22-34(44)42-15-13-41(14-16-42)23-26-5-7-29(39-21-26)33-20-30-35(46-33)32(9-10-38-30)45-31-8-6-25(19-28(31)36)18-27(43)17-24-3-4-24;30-23-15-20(14-22(35)13-19-1-2-19)4-6-26(23)36-27-7-8-32-25-16-28(37-29(25)27)24-5-3-21(17-33-24)18-34-11-9-31-10-12-34;1-6(2)4-3-5;3-1-2(4)5/h5-10,19-21,24,37H,3-4,11-18,22-23H2,1-2H3;3-8,15-17,19,31H,1-2,9-14,18H2;3-5H2,1-2H3;1H2. The maximum Gasteiger partial charge on any atom is 0.236 e. The molecule has 0 atom stereocenters. The van der Waals surface area contributed by atoms with Crippen molar-refractivity contribution >= 4 is 89.0 Å². The SMILES string of the molecule is CN(C)CCN.CN(C)CCNCC(=O)N1CCN(Cc2ccc(-c3cc4nccc(Oc5ccc(CC(=O)CC6CC6)cc5F)c4s3)nc2)CC1.O=C(Cc1ccc(Oc2ccnc3cc(-c4ccc(CN5CCNCC5)cn4)sc23)c(F)c1)CC1CC1.O=C(Cl)CCl. The highest BCUT2D eigenvalue weighted by Crippen LogP contribution is 2.42. The van der Waals surface area contributed by atoms with Crippen molar-refractivity contribution in [3.8, 4) is 44.1 Å². The molecule has 6 aromatic heterocycles. The van der Waals surface area contributed by atoms with Crippen molar-refractivity contribution in [3.63, 3.8) is 0 Å². The number of alkyl halides is 1. The Bertz CT molecular complexity index is 3780. The predicted molar refractivity (Wildman–Crippen MR) is 371 cm³/mol. The third-order valence-corrected chi connectivity index (χ3v) is 18.8. The zero-order valence-corrected chi connectivity index (χ0v) is 57.0. The van der Waals surface area contributed by atoms with Crippen LogP contribution in [0.2, 0.25) is 0 Å². The molecule has 8 aromatic rings. The Kier molecular flexibility index (Phi) is 27.2. The number of Topliss-reactive ketones (excluding diaryl/α,β-unsaturated/α-hetero) is 2. The van der Waals surface area contributed by atoms with Crippen LogP contribution in [-0.2, 0) is 45.1 Å². The van der Waals surface area contributed by atoms with Crippen molar-refractivity contribution in [2.45, 2.75) is 64.5 Å². The average molecular weight is 1360 g/mol. The Hall–Kier alpha value is -6.80. The second-order valence-electron chi connectivity index (χ2n) is 24.6. The lowest BCUT2D eigenvalue weighted by Gasteiger charge is -2.34. The van der Waals surface area contributed by atoms with Crippen molar-refractivity contribution in [2.75, 3.05) is 119 Å². The summed E-state index contributed by atoms with van der Waals surface area (Å²) in [5.41, 5.74) is 12.1. The number of nitrogens with two attached hydrogens (primary N) is 1. The number of fused-ring (bicyclic) bond motifs is 2. The highest BCUT2D eigenvalue weighted by atomic mass is 35.5. The van der Waals surface area contributed by atoms with Crippen molar-refractivity contribution in [2.24, 2.45) is 17.6 Å². The molecule has 8 heterocycles. The van der Waals surface area contributed by atoms with Gasteiger partial charge in [0.1, 0.15) is 23.1 Å². The molecule has 500 valence electrons. The number of aromatic nitrogens is 4. The minimum atomic E-state index is -0.508. The van der Waals surface area contributed by atoms with E-state index in [-0.39, 0.29) is 47.7 Å². The lowest BCUT2D eigenvalue weighted by atomic mass is 10.0. The molecule has 4 N–H and O–H groups in total. The van der Waals surface area contributed by atoms with Crippen LogP contribution < -0.4 is 25.8 Å². The molecule has 1 amide bonds. The number of pyridine rings is 4. The monoisotopic (exact) mass is 1360 g/mol. The summed E-state index contributed by atoms with van der Waals surface area (Å²) >= 11 is 12.6. The Labute approximate surface area is 567 Å². The van der Waals surface area contributed by atoms with Crippen molar-refractivity contribution < 1.29 is 37.4 Å². The van der Waals surface area contributed by atoms with Crippen LogP contribution in [0.5, 0.6) is 23.0 Å². The number of benzene rings is 2. The second kappa shape index (κ2) is 35.8. The number of thiophene rings is 2. The van der Waals surface area contributed by atoms with Gasteiger partial charge in [0.15, 0.2) is 23.1 Å². The van der Waals surface area contributed by atoms with E-state index in [1.807, 2.05) is 69.7 Å². The summed E-state index contributed by atoms with van der Waals surface area (Å²) in [4.78, 5) is 77.6. The highest BCUT2D eigenvalue weighted by molar-refractivity contribution is 7.23. The number of carbonyl (C=O) groups is 4. The number of carbonyl (C=O) groups excluding carboxylic acids is 4. The van der Waals surface area contributed by atoms with Crippen LogP contribution in [0.25, 0.3) is 41.6 Å². The van der Waals surface area contributed by atoms with Crippen LogP contribution in [0, 0.1) is 23.5 Å². The highest BCUT2D eigenvalue weighted by Gasteiger charge is 2.27. The molecule has 12 rings (SSSR count). The zero-order chi connectivity index (χ0) is 66.5. The van der Waals surface area contributed by atoms with E-state index < -0.39 is 16.9 Å². The Morgan fingerprint density at radius 2 is 1.07 bits per heavy atom. The fraction of sp³-hybridized carbons (Fsp3) is 0.429. The van der Waals surface area contributed by atoms with E-state index in [1.165, 1.54) is 40.4 Å². The van der Waals surface area contributed by atoms with E-state index in [0.717, 1.165) is 164 Å². The molecule has 0 bridgehead atoms. The summed E-state index contributed by atoms with van der Waals surface area (Å²) in [7, 11) is 8.06. The first-order valence-electron chi connectivity index (χ1n) is 32.0.